The van der Waals surface area contributed by atoms with Gasteiger partial charge in [-0.2, -0.15) is 5.10 Å². The van der Waals surface area contributed by atoms with E-state index >= 15 is 0 Å². The van der Waals surface area contributed by atoms with E-state index in [1.165, 1.54) is 0 Å². The van der Waals surface area contributed by atoms with E-state index in [9.17, 15) is 5.11 Å². The summed E-state index contributed by atoms with van der Waals surface area (Å²) in [6, 6.07) is 0.432. The van der Waals surface area contributed by atoms with Crippen molar-refractivity contribution in [1.29, 1.82) is 0 Å². The quantitative estimate of drug-likeness (QED) is 0.710. The molecule has 1 saturated heterocycles. The van der Waals surface area contributed by atoms with Crippen LogP contribution in [0.1, 0.15) is 19.2 Å². The molecule has 1 aromatic rings. The molecule has 0 aliphatic carbocycles. The molecule has 1 aliphatic rings. The van der Waals surface area contributed by atoms with Crippen LogP contribution in [-0.4, -0.2) is 43.5 Å². The molecule has 2 unspecified atom stereocenters. The summed E-state index contributed by atoms with van der Waals surface area (Å²) in [6.07, 6.45) is 2.24. The number of aliphatic hydroxyl groups is 1. The van der Waals surface area contributed by atoms with Crippen molar-refractivity contribution < 1.29 is 5.11 Å². The van der Waals surface area contributed by atoms with Crippen molar-refractivity contribution >= 4 is 0 Å². The molecule has 0 radical (unpaired) electrons. The van der Waals surface area contributed by atoms with Crippen molar-refractivity contribution in [3.63, 3.8) is 0 Å². The molecule has 5 nitrogen and oxygen atoms in total. The molecule has 1 aliphatic heterocycles. The van der Waals surface area contributed by atoms with Crippen LogP contribution >= 0.6 is 0 Å². The lowest BCUT2D eigenvalue weighted by atomic mass is 10.2. The Labute approximate surface area is 83.4 Å². The zero-order chi connectivity index (χ0) is 10.1. The molecule has 78 valence electrons. The molecule has 0 bridgehead atoms. The maximum absolute atomic E-state index is 9.48. The SMILES string of the molecule is CC1CC(O)CN1Cc1ncnn1C. The summed E-state index contributed by atoms with van der Waals surface area (Å²) in [5.74, 6) is 0.950. The summed E-state index contributed by atoms with van der Waals surface area (Å²) < 4.78 is 1.78. The molecular weight excluding hydrogens is 180 g/mol. The fourth-order valence-corrected chi connectivity index (χ4v) is 1.93. The summed E-state index contributed by atoms with van der Waals surface area (Å²) in [4.78, 5) is 6.40. The van der Waals surface area contributed by atoms with Crippen LogP contribution in [0.5, 0.6) is 0 Å². The topological polar surface area (TPSA) is 54.2 Å². The van der Waals surface area contributed by atoms with Gasteiger partial charge >= 0.3 is 0 Å². The van der Waals surface area contributed by atoms with Crippen LogP contribution in [0.2, 0.25) is 0 Å². The fraction of sp³-hybridized carbons (Fsp3) is 0.778. The molecule has 14 heavy (non-hydrogen) atoms. The molecule has 1 aromatic heterocycles. The minimum atomic E-state index is -0.182. The van der Waals surface area contributed by atoms with Crippen LogP contribution in [-0.2, 0) is 13.6 Å². The molecule has 2 heterocycles. The number of aliphatic hydroxyl groups excluding tert-OH is 1. The fourth-order valence-electron chi connectivity index (χ4n) is 1.93. The van der Waals surface area contributed by atoms with E-state index in [1.54, 1.807) is 11.0 Å². The third kappa shape index (κ3) is 1.78. The van der Waals surface area contributed by atoms with Gasteiger partial charge in [0.25, 0.3) is 0 Å². The Morgan fingerprint density at radius 1 is 1.64 bits per heavy atom. The van der Waals surface area contributed by atoms with Gasteiger partial charge in [0.05, 0.1) is 12.6 Å². The van der Waals surface area contributed by atoms with Crippen LogP contribution in [0, 0.1) is 0 Å². The maximum Gasteiger partial charge on any atom is 0.140 e. The third-order valence-corrected chi connectivity index (χ3v) is 2.83. The van der Waals surface area contributed by atoms with E-state index < -0.39 is 0 Å². The largest absolute Gasteiger partial charge is 0.392 e. The number of aromatic nitrogens is 3. The molecule has 5 heteroatoms. The van der Waals surface area contributed by atoms with Gasteiger partial charge in [-0.25, -0.2) is 4.98 Å². The highest BCUT2D eigenvalue weighted by Crippen LogP contribution is 2.18. The molecule has 1 fully saturated rings. The van der Waals surface area contributed by atoms with Crippen LogP contribution in [0.15, 0.2) is 6.33 Å². The smallest absolute Gasteiger partial charge is 0.140 e. The summed E-state index contributed by atoms with van der Waals surface area (Å²) in [7, 11) is 1.89. The first-order valence-electron chi connectivity index (χ1n) is 4.92. The summed E-state index contributed by atoms with van der Waals surface area (Å²) in [5, 5.41) is 13.5. The Hall–Kier alpha value is -0.940. The molecule has 0 amide bonds. The minimum absolute atomic E-state index is 0.182. The molecule has 0 saturated carbocycles. The van der Waals surface area contributed by atoms with Gasteiger partial charge in [-0.1, -0.05) is 0 Å². The van der Waals surface area contributed by atoms with Crippen LogP contribution in [0.4, 0.5) is 0 Å². The van der Waals surface area contributed by atoms with Crippen molar-refractivity contribution in [3.05, 3.63) is 12.2 Å². The number of likely N-dealkylation sites (tertiary alicyclic amines) is 1. The molecule has 2 rings (SSSR count). The number of nitrogens with zero attached hydrogens (tertiary/aromatic N) is 4. The predicted octanol–water partition coefficient (Wildman–Crippen LogP) is -0.230. The van der Waals surface area contributed by atoms with Crippen molar-refractivity contribution in [1.82, 2.24) is 19.7 Å². The van der Waals surface area contributed by atoms with Crippen molar-refractivity contribution in [2.45, 2.75) is 32.0 Å². The van der Waals surface area contributed by atoms with E-state index in [-0.39, 0.29) is 6.10 Å². The van der Waals surface area contributed by atoms with Gasteiger partial charge in [0.2, 0.25) is 0 Å². The van der Waals surface area contributed by atoms with E-state index in [4.69, 9.17) is 0 Å². The zero-order valence-corrected chi connectivity index (χ0v) is 8.59. The Kier molecular flexibility index (Phi) is 2.52. The van der Waals surface area contributed by atoms with Crippen molar-refractivity contribution in [3.8, 4) is 0 Å². The second-order valence-corrected chi connectivity index (χ2v) is 3.97. The van der Waals surface area contributed by atoms with Gasteiger partial charge in [0.1, 0.15) is 12.2 Å². The van der Waals surface area contributed by atoms with Crippen molar-refractivity contribution in [2.75, 3.05) is 6.54 Å². The standard InChI is InChI=1S/C9H16N4O/c1-7-3-8(14)4-13(7)5-9-10-6-11-12(9)2/h6-8,14H,3-5H2,1-2H3. The summed E-state index contributed by atoms with van der Waals surface area (Å²) >= 11 is 0. The van der Waals surface area contributed by atoms with E-state index in [2.05, 4.69) is 21.9 Å². The van der Waals surface area contributed by atoms with E-state index in [0.717, 1.165) is 25.3 Å². The lowest BCUT2D eigenvalue weighted by molar-refractivity contribution is 0.171. The Bertz CT molecular complexity index is 312. The van der Waals surface area contributed by atoms with Crippen LogP contribution in [0.3, 0.4) is 0 Å². The average molecular weight is 196 g/mol. The Balaban J connectivity index is 2.01. The molecule has 1 N–H and O–H groups in total. The minimum Gasteiger partial charge on any atom is -0.392 e. The highest BCUT2D eigenvalue weighted by molar-refractivity contribution is 4.89. The first-order valence-corrected chi connectivity index (χ1v) is 4.92. The number of rotatable bonds is 2. The van der Waals surface area contributed by atoms with Crippen LogP contribution in [0.25, 0.3) is 0 Å². The normalized spacial score (nSPS) is 28.5. The first kappa shape index (κ1) is 9.61. The third-order valence-electron chi connectivity index (χ3n) is 2.83. The van der Waals surface area contributed by atoms with Crippen molar-refractivity contribution in [2.24, 2.45) is 7.05 Å². The van der Waals surface area contributed by atoms with E-state index in [0.29, 0.717) is 6.04 Å². The Morgan fingerprint density at radius 3 is 2.93 bits per heavy atom. The van der Waals surface area contributed by atoms with Gasteiger partial charge in [-0.3, -0.25) is 9.58 Å². The van der Waals surface area contributed by atoms with Crippen LogP contribution < -0.4 is 0 Å². The predicted molar refractivity (Wildman–Crippen MR) is 51.5 cm³/mol. The monoisotopic (exact) mass is 196 g/mol. The zero-order valence-electron chi connectivity index (χ0n) is 8.59. The Morgan fingerprint density at radius 2 is 2.43 bits per heavy atom. The number of β-amino-alcohol motifs (C(OH)–C–C–N with tert-alkyl or cyclic N) is 1. The summed E-state index contributed by atoms with van der Waals surface area (Å²) in [5.41, 5.74) is 0. The molecule has 0 aromatic carbocycles. The van der Waals surface area contributed by atoms with Gasteiger partial charge in [-0.15, -0.1) is 0 Å². The number of aryl methyl sites for hydroxylation is 1. The number of hydrogen-bond donors (Lipinski definition) is 1. The highest BCUT2D eigenvalue weighted by Gasteiger charge is 2.28. The molecule has 2 atom stereocenters. The lowest BCUT2D eigenvalue weighted by Gasteiger charge is -2.19. The highest BCUT2D eigenvalue weighted by atomic mass is 16.3. The van der Waals surface area contributed by atoms with Gasteiger partial charge in [-0.05, 0) is 13.3 Å². The second kappa shape index (κ2) is 3.67. The average Bonchev–Trinajstić information content (AvgIpc) is 2.62. The van der Waals surface area contributed by atoms with Gasteiger partial charge in [0.15, 0.2) is 0 Å². The second-order valence-electron chi connectivity index (χ2n) is 3.97. The molecular formula is C9H16N4O. The van der Waals surface area contributed by atoms with Gasteiger partial charge in [0, 0.05) is 19.6 Å². The maximum atomic E-state index is 9.48. The summed E-state index contributed by atoms with van der Waals surface area (Å²) in [6.45, 7) is 3.65. The molecule has 0 spiro atoms. The van der Waals surface area contributed by atoms with Gasteiger partial charge < -0.3 is 5.11 Å². The van der Waals surface area contributed by atoms with E-state index in [1.807, 2.05) is 7.05 Å². The lowest BCUT2D eigenvalue weighted by Crippen LogP contribution is -2.28. The number of hydrogen-bond acceptors (Lipinski definition) is 4. The first-order chi connectivity index (χ1) is 6.66.